The van der Waals surface area contributed by atoms with Gasteiger partial charge >= 0.3 is 5.97 Å². The minimum atomic E-state index is -0.296. The van der Waals surface area contributed by atoms with E-state index in [1.807, 2.05) is 41.4 Å². The summed E-state index contributed by atoms with van der Waals surface area (Å²) in [6.45, 7) is 0.896. The fourth-order valence-corrected chi connectivity index (χ4v) is 3.47. The maximum atomic E-state index is 11.8. The molecule has 0 aliphatic carbocycles. The van der Waals surface area contributed by atoms with Crippen LogP contribution in [0.15, 0.2) is 42.1 Å². The first-order valence-electron chi connectivity index (χ1n) is 6.93. The van der Waals surface area contributed by atoms with E-state index in [2.05, 4.69) is 28.5 Å². The monoisotopic (exact) mass is 411 g/mol. The van der Waals surface area contributed by atoms with Crippen LogP contribution in [0.3, 0.4) is 0 Å². The van der Waals surface area contributed by atoms with Crippen molar-refractivity contribution >= 4 is 28.6 Å². The number of terminal acetylenes is 1. The van der Waals surface area contributed by atoms with E-state index in [1.165, 1.54) is 7.11 Å². The Balaban J connectivity index is 2.23. The zero-order chi connectivity index (χ0) is 15.9. The van der Waals surface area contributed by atoms with E-state index in [4.69, 9.17) is 15.9 Å². The van der Waals surface area contributed by atoms with Gasteiger partial charge in [-0.05, 0) is 12.0 Å². The Morgan fingerprint density at radius 2 is 2.18 bits per heavy atom. The Morgan fingerprint density at radius 1 is 1.45 bits per heavy atom. The maximum Gasteiger partial charge on any atom is 0.335 e. The largest absolute Gasteiger partial charge is 0.466 e. The number of alkyl halides is 1. The number of carbonyl (C=O) groups is 1. The number of benzene rings is 1. The van der Waals surface area contributed by atoms with E-state index in [1.54, 1.807) is 0 Å². The number of ether oxygens (including phenoxy) is 2. The number of esters is 1. The van der Waals surface area contributed by atoms with Crippen LogP contribution in [0, 0.1) is 12.3 Å². The van der Waals surface area contributed by atoms with Gasteiger partial charge in [-0.1, -0.05) is 58.8 Å². The first-order valence-corrected chi connectivity index (χ1v) is 8.18. The number of nitrogens with zero attached hydrogens (tertiary/aromatic N) is 1. The molecule has 0 amide bonds. The van der Waals surface area contributed by atoms with Crippen molar-refractivity contribution in [1.29, 1.82) is 0 Å². The molecule has 2 atom stereocenters. The molecule has 1 heterocycles. The number of rotatable bonds is 5. The summed E-state index contributed by atoms with van der Waals surface area (Å²) in [7, 11) is 1.40. The zero-order valence-corrected chi connectivity index (χ0v) is 14.5. The molecule has 4 nitrogen and oxygen atoms in total. The quantitative estimate of drug-likeness (QED) is 0.323. The van der Waals surface area contributed by atoms with Crippen molar-refractivity contribution in [2.45, 2.75) is 23.1 Å². The summed E-state index contributed by atoms with van der Waals surface area (Å²) in [6, 6.07) is 10.0. The van der Waals surface area contributed by atoms with Crippen molar-refractivity contribution in [3.05, 3.63) is 47.7 Å². The lowest BCUT2D eigenvalue weighted by Gasteiger charge is -2.37. The lowest BCUT2D eigenvalue weighted by Crippen LogP contribution is -2.44. The Morgan fingerprint density at radius 3 is 2.82 bits per heavy atom. The number of hydrogen-bond acceptors (Lipinski definition) is 4. The van der Waals surface area contributed by atoms with Gasteiger partial charge in [-0.2, -0.15) is 0 Å². The molecular formula is C17H18INO3. The summed E-state index contributed by atoms with van der Waals surface area (Å²) in [5, 5.41) is 0. The third kappa shape index (κ3) is 4.24. The highest BCUT2D eigenvalue weighted by atomic mass is 127. The molecule has 2 rings (SSSR count). The Hall–Kier alpha value is -1.52. The lowest BCUT2D eigenvalue weighted by molar-refractivity contribution is -0.137. The molecule has 0 unspecified atom stereocenters. The Bertz CT molecular complexity index is 579. The van der Waals surface area contributed by atoms with E-state index in [9.17, 15) is 4.79 Å². The van der Waals surface area contributed by atoms with Gasteiger partial charge in [0, 0.05) is 12.7 Å². The van der Waals surface area contributed by atoms with Crippen LogP contribution in [0.5, 0.6) is 0 Å². The second kappa shape index (κ2) is 8.20. The first-order chi connectivity index (χ1) is 10.7. The van der Waals surface area contributed by atoms with E-state index in [-0.39, 0.29) is 22.7 Å². The van der Waals surface area contributed by atoms with Gasteiger partial charge in [-0.3, -0.25) is 0 Å². The average Bonchev–Trinajstić information content (AvgIpc) is 2.54. The van der Waals surface area contributed by atoms with Gasteiger partial charge in [0.15, 0.2) is 0 Å². The molecule has 0 aromatic heterocycles. The van der Waals surface area contributed by atoms with Crippen LogP contribution in [0.4, 0.5) is 0 Å². The molecule has 0 N–H and O–H groups in total. The molecule has 0 saturated carbocycles. The predicted molar refractivity (Wildman–Crippen MR) is 93.1 cm³/mol. The lowest BCUT2D eigenvalue weighted by atomic mass is 10.1. The van der Waals surface area contributed by atoms with Crippen LogP contribution in [-0.4, -0.2) is 34.7 Å². The van der Waals surface area contributed by atoms with Crippen molar-refractivity contribution in [2.75, 3.05) is 13.7 Å². The molecule has 0 saturated heterocycles. The SMILES string of the molecule is C#CCO[C@@H]1[C@@H](I)CC(C(=O)OC)=CN1Cc1ccccc1. The number of halogens is 1. The average molecular weight is 411 g/mol. The van der Waals surface area contributed by atoms with Gasteiger partial charge in [0.1, 0.15) is 12.8 Å². The smallest absolute Gasteiger partial charge is 0.335 e. The molecule has 1 aromatic carbocycles. The highest BCUT2D eigenvalue weighted by molar-refractivity contribution is 14.1. The van der Waals surface area contributed by atoms with E-state index >= 15 is 0 Å². The molecule has 1 aliphatic heterocycles. The molecule has 0 spiro atoms. The summed E-state index contributed by atoms with van der Waals surface area (Å²) in [4.78, 5) is 13.9. The van der Waals surface area contributed by atoms with Gasteiger partial charge in [-0.25, -0.2) is 4.79 Å². The van der Waals surface area contributed by atoms with Crippen molar-refractivity contribution in [1.82, 2.24) is 4.90 Å². The molecule has 1 aromatic rings. The molecular weight excluding hydrogens is 393 g/mol. The predicted octanol–water partition coefficient (Wildman–Crippen LogP) is 2.73. The summed E-state index contributed by atoms with van der Waals surface area (Å²) in [5.41, 5.74) is 1.79. The van der Waals surface area contributed by atoms with Gasteiger partial charge in [0.2, 0.25) is 0 Å². The van der Waals surface area contributed by atoms with Gasteiger partial charge in [0.25, 0.3) is 0 Å². The van der Waals surface area contributed by atoms with Crippen molar-refractivity contribution < 1.29 is 14.3 Å². The Labute approximate surface area is 144 Å². The summed E-state index contributed by atoms with van der Waals surface area (Å²) < 4.78 is 10.7. The standard InChI is InChI=1S/C17H18INO3/c1-3-9-22-16-15(18)10-14(17(20)21-2)12-19(16)11-13-7-5-4-6-8-13/h1,4-8,12,15-16H,9-11H2,2H3/t15-,16+/m0/s1. The topological polar surface area (TPSA) is 38.8 Å². The minimum absolute atomic E-state index is 0.119. The molecule has 0 bridgehead atoms. The molecule has 116 valence electrons. The zero-order valence-electron chi connectivity index (χ0n) is 12.4. The number of hydrogen-bond donors (Lipinski definition) is 0. The number of carbonyl (C=O) groups excluding carboxylic acids is 1. The normalized spacial score (nSPS) is 21.0. The van der Waals surface area contributed by atoms with Crippen LogP contribution in [0.2, 0.25) is 0 Å². The van der Waals surface area contributed by atoms with Crippen molar-refractivity contribution in [3.8, 4) is 12.3 Å². The molecule has 22 heavy (non-hydrogen) atoms. The van der Waals surface area contributed by atoms with Gasteiger partial charge in [0.05, 0.1) is 16.6 Å². The van der Waals surface area contributed by atoms with Crippen LogP contribution < -0.4 is 0 Å². The van der Waals surface area contributed by atoms with Crippen LogP contribution >= 0.6 is 22.6 Å². The minimum Gasteiger partial charge on any atom is -0.466 e. The third-order valence-electron chi connectivity index (χ3n) is 3.37. The third-order valence-corrected chi connectivity index (χ3v) is 4.42. The van der Waals surface area contributed by atoms with Crippen molar-refractivity contribution in [3.63, 3.8) is 0 Å². The molecule has 0 fully saturated rings. The van der Waals surface area contributed by atoms with E-state index in [0.717, 1.165) is 5.56 Å². The first kappa shape index (κ1) is 16.8. The molecule has 0 radical (unpaired) electrons. The fourth-order valence-electron chi connectivity index (χ4n) is 2.38. The van der Waals surface area contributed by atoms with Gasteiger partial charge < -0.3 is 14.4 Å². The molecule has 1 aliphatic rings. The van der Waals surface area contributed by atoms with Gasteiger partial charge in [-0.15, -0.1) is 6.42 Å². The van der Waals surface area contributed by atoms with Crippen LogP contribution in [0.25, 0.3) is 0 Å². The van der Waals surface area contributed by atoms with Crippen molar-refractivity contribution in [2.24, 2.45) is 0 Å². The van der Waals surface area contributed by atoms with Crippen LogP contribution in [0.1, 0.15) is 12.0 Å². The van der Waals surface area contributed by atoms with E-state index in [0.29, 0.717) is 18.5 Å². The highest BCUT2D eigenvalue weighted by Crippen LogP contribution is 2.29. The Kier molecular flexibility index (Phi) is 6.28. The summed E-state index contributed by atoms with van der Waals surface area (Å²) in [5.74, 6) is 2.20. The summed E-state index contributed by atoms with van der Waals surface area (Å²) >= 11 is 2.30. The second-order valence-corrected chi connectivity index (χ2v) is 6.53. The summed E-state index contributed by atoms with van der Waals surface area (Å²) in [6.07, 6.45) is 7.57. The second-order valence-electron chi connectivity index (χ2n) is 4.93. The number of methoxy groups -OCH3 is 1. The van der Waals surface area contributed by atoms with Crippen LogP contribution in [-0.2, 0) is 20.8 Å². The molecule has 5 heteroatoms. The highest BCUT2D eigenvalue weighted by Gasteiger charge is 2.32. The maximum absolute atomic E-state index is 11.8. The van der Waals surface area contributed by atoms with E-state index < -0.39 is 0 Å². The fraction of sp³-hybridized carbons (Fsp3) is 0.353.